The number of hydrogen-bond donors (Lipinski definition) is 1. The topological polar surface area (TPSA) is 83.1 Å². The van der Waals surface area contributed by atoms with E-state index in [0.29, 0.717) is 4.52 Å². The number of carbonyl (C=O) groups is 1. The summed E-state index contributed by atoms with van der Waals surface area (Å²) in [6, 6.07) is 10.3. The molecule has 1 N–H and O–H groups in total. The highest BCUT2D eigenvalue weighted by Crippen LogP contribution is 2.32. The first-order valence-electron chi connectivity index (χ1n) is 8.29. The Morgan fingerprint density at radius 1 is 1.18 bits per heavy atom. The molecule has 0 saturated carbocycles. The summed E-state index contributed by atoms with van der Waals surface area (Å²) in [5.41, 5.74) is -1.27. The minimum absolute atomic E-state index is 0.0848. The maximum absolute atomic E-state index is 13.5. The number of alkyl halides is 3. The fourth-order valence-corrected chi connectivity index (χ4v) is 2.55. The summed E-state index contributed by atoms with van der Waals surface area (Å²) < 4.78 is 41.2. The molecule has 0 spiro atoms. The summed E-state index contributed by atoms with van der Waals surface area (Å²) in [5.74, 6) is -0.737. The number of hydrogen-bond acceptors (Lipinski definition) is 4. The van der Waals surface area contributed by atoms with Gasteiger partial charge in [-0.3, -0.25) is 4.79 Å². The third-order valence-electron chi connectivity index (χ3n) is 4.01. The number of fused-ring (bicyclic) bond motifs is 1. The minimum Gasteiger partial charge on any atom is -0.319 e. The van der Waals surface area contributed by atoms with Gasteiger partial charge < -0.3 is 5.32 Å². The largest absolute Gasteiger partial charge is 0.433 e. The van der Waals surface area contributed by atoms with Crippen LogP contribution in [0.25, 0.3) is 5.65 Å². The molecule has 0 radical (unpaired) electrons. The van der Waals surface area contributed by atoms with Gasteiger partial charge in [0.15, 0.2) is 11.3 Å². The molecule has 0 fully saturated rings. The smallest absolute Gasteiger partial charge is 0.319 e. The van der Waals surface area contributed by atoms with Crippen molar-refractivity contribution in [2.45, 2.75) is 32.4 Å². The number of anilines is 1. The Hall–Kier alpha value is -3.41. The van der Waals surface area contributed by atoms with Crippen molar-refractivity contribution in [2.24, 2.45) is 0 Å². The van der Waals surface area contributed by atoms with Crippen molar-refractivity contribution in [1.29, 1.82) is 5.26 Å². The highest BCUT2D eigenvalue weighted by molar-refractivity contribution is 6.04. The number of amides is 1. The molecule has 28 heavy (non-hydrogen) atoms. The summed E-state index contributed by atoms with van der Waals surface area (Å²) in [6.07, 6.45) is -4.67. The van der Waals surface area contributed by atoms with Gasteiger partial charge in [-0.2, -0.15) is 23.5 Å². The van der Waals surface area contributed by atoms with Crippen LogP contribution in [0.3, 0.4) is 0 Å². The Bertz CT molecular complexity index is 1100. The first-order valence-corrected chi connectivity index (χ1v) is 8.29. The SMILES string of the molecule is CC(C)(C)c1cc(C(F)(F)F)n2nc(C(=O)Nc3ccccc3C#N)cc2n1. The first-order chi connectivity index (χ1) is 13.0. The lowest BCUT2D eigenvalue weighted by atomic mass is 9.91. The molecule has 0 unspecified atom stereocenters. The van der Waals surface area contributed by atoms with Crippen molar-refractivity contribution in [3.05, 3.63) is 59.0 Å². The van der Waals surface area contributed by atoms with Crippen LogP contribution in [0.5, 0.6) is 0 Å². The standard InChI is InChI=1S/C19H16F3N5O/c1-18(2,3)14-9-15(19(20,21)22)27-16(25-14)8-13(26-27)17(28)24-12-7-5-4-6-11(12)10-23/h4-9H,1-3H3,(H,24,28). The second kappa shape index (κ2) is 6.64. The molecule has 3 rings (SSSR count). The first kappa shape index (κ1) is 19.4. The highest BCUT2D eigenvalue weighted by atomic mass is 19.4. The molecule has 2 heterocycles. The Morgan fingerprint density at radius 2 is 1.86 bits per heavy atom. The highest BCUT2D eigenvalue weighted by Gasteiger charge is 2.36. The Kier molecular flexibility index (Phi) is 4.59. The van der Waals surface area contributed by atoms with E-state index >= 15 is 0 Å². The molecule has 1 aromatic carbocycles. The summed E-state index contributed by atoms with van der Waals surface area (Å²) in [7, 11) is 0. The van der Waals surface area contributed by atoms with Gasteiger partial charge in [-0.25, -0.2) is 9.50 Å². The van der Waals surface area contributed by atoms with E-state index in [0.717, 1.165) is 6.07 Å². The molecule has 0 atom stereocenters. The number of nitrogens with zero attached hydrogens (tertiary/aromatic N) is 4. The number of nitrogens with one attached hydrogen (secondary N) is 1. The van der Waals surface area contributed by atoms with Crippen LogP contribution in [-0.2, 0) is 11.6 Å². The molecule has 0 saturated heterocycles. The quantitative estimate of drug-likeness (QED) is 0.715. The van der Waals surface area contributed by atoms with Crippen molar-refractivity contribution in [3.8, 4) is 6.07 Å². The Balaban J connectivity index is 2.09. The number of benzene rings is 1. The van der Waals surface area contributed by atoms with Gasteiger partial charge in [0.1, 0.15) is 11.8 Å². The average Bonchev–Trinajstić information content (AvgIpc) is 3.03. The van der Waals surface area contributed by atoms with E-state index < -0.39 is 23.2 Å². The van der Waals surface area contributed by atoms with E-state index in [-0.39, 0.29) is 28.3 Å². The van der Waals surface area contributed by atoms with E-state index in [9.17, 15) is 18.0 Å². The van der Waals surface area contributed by atoms with E-state index in [1.54, 1.807) is 32.9 Å². The van der Waals surface area contributed by atoms with Crippen LogP contribution in [0.1, 0.15) is 48.2 Å². The molecule has 6 nitrogen and oxygen atoms in total. The minimum atomic E-state index is -4.67. The summed E-state index contributed by atoms with van der Waals surface area (Å²) in [4.78, 5) is 16.7. The van der Waals surface area contributed by atoms with E-state index in [1.807, 2.05) is 6.07 Å². The van der Waals surface area contributed by atoms with Gasteiger partial charge in [-0.05, 0) is 18.2 Å². The Morgan fingerprint density at radius 3 is 2.46 bits per heavy atom. The van der Waals surface area contributed by atoms with Crippen molar-refractivity contribution in [3.63, 3.8) is 0 Å². The van der Waals surface area contributed by atoms with Crippen molar-refractivity contribution >= 4 is 17.2 Å². The molecule has 2 aromatic heterocycles. The monoisotopic (exact) mass is 387 g/mol. The van der Waals surface area contributed by atoms with Crippen molar-refractivity contribution < 1.29 is 18.0 Å². The molecular formula is C19H16F3N5O. The van der Waals surface area contributed by atoms with E-state index in [2.05, 4.69) is 15.4 Å². The summed E-state index contributed by atoms with van der Waals surface area (Å²) in [6.45, 7) is 5.23. The van der Waals surface area contributed by atoms with Gasteiger partial charge in [0.2, 0.25) is 0 Å². The normalized spacial score (nSPS) is 12.0. The zero-order chi connectivity index (χ0) is 20.7. The molecule has 0 aliphatic carbocycles. The fourth-order valence-electron chi connectivity index (χ4n) is 2.55. The summed E-state index contributed by atoms with van der Waals surface area (Å²) in [5, 5.41) is 15.4. The summed E-state index contributed by atoms with van der Waals surface area (Å²) >= 11 is 0. The van der Waals surface area contributed by atoms with E-state index in [1.165, 1.54) is 18.2 Å². The van der Waals surface area contributed by atoms with E-state index in [4.69, 9.17) is 5.26 Å². The lowest BCUT2D eigenvalue weighted by Crippen LogP contribution is -2.20. The van der Waals surface area contributed by atoms with Gasteiger partial charge in [0.05, 0.1) is 16.9 Å². The van der Waals surface area contributed by atoms with Crippen LogP contribution in [0, 0.1) is 11.3 Å². The molecular weight excluding hydrogens is 371 g/mol. The van der Waals surface area contributed by atoms with Crippen LogP contribution in [0.15, 0.2) is 36.4 Å². The second-order valence-electron chi connectivity index (χ2n) is 7.19. The van der Waals surface area contributed by atoms with Crippen LogP contribution in [-0.4, -0.2) is 20.5 Å². The predicted octanol–water partition coefficient (Wildman–Crippen LogP) is 4.17. The maximum atomic E-state index is 13.5. The number of para-hydroxylation sites is 1. The lowest BCUT2D eigenvalue weighted by molar-refractivity contribution is -0.142. The zero-order valence-corrected chi connectivity index (χ0v) is 15.3. The molecule has 0 aliphatic rings. The fraction of sp³-hybridized carbons (Fsp3) is 0.263. The molecule has 3 aromatic rings. The molecule has 0 bridgehead atoms. The molecule has 0 aliphatic heterocycles. The van der Waals surface area contributed by atoms with Crippen LogP contribution in [0.2, 0.25) is 0 Å². The van der Waals surface area contributed by atoms with Crippen molar-refractivity contribution in [2.75, 3.05) is 5.32 Å². The third kappa shape index (κ3) is 3.67. The lowest BCUT2D eigenvalue weighted by Gasteiger charge is -2.19. The average molecular weight is 387 g/mol. The molecule has 1 amide bonds. The third-order valence-corrected chi connectivity index (χ3v) is 4.01. The molecule has 144 valence electrons. The number of aromatic nitrogens is 3. The van der Waals surface area contributed by atoms with Gasteiger partial charge in [-0.1, -0.05) is 32.9 Å². The number of nitriles is 1. The molecule has 9 heteroatoms. The van der Waals surface area contributed by atoms with Gasteiger partial charge in [0.25, 0.3) is 5.91 Å². The van der Waals surface area contributed by atoms with Crippen LogP contribution in [0.4, 0.5) is 18.9 Å². The number of carbonyl (C=O) groups excluding carboxylic acids is 1. The Labute approximate surface area is 158 Å². The maximum Gasteiger partial charge on any atom is 0.433 e. The zero-order valence-electron chi connectivity index (χ0n) is 15.3. The number of rotatable bonds is 2. The van der Waals surface area contributed by atoms with Crippen LogP contribution >= 0.6 is 0 Å². The van der Waals surface area contributed by atoms with Crippen molar-refractivity contribution in [1.82, 2.24) is 14.6 Å². The second-order valence-corrected chi connectivity index (χ2v) is 7.19. The van der Waals surface area contributed by atoms with Gasteiger partial charge in [0, 0.05) is 11.5 Å². The number of halogens is 3. The van der Waals surface area contributed by atoms with Crippen LogP contribution < -0.4 is 5.32 Å². The predicted molar refractivity (Wildman–Crippen MR) is 95.8 cm³/mol. The van der Waals surface area contributed by atoms with Gasteiger partial charge in [-0.15, -0.1) is 0 Å². The van der Waals surface area contributed by atoms with Gasteiger partial charge >= 0.3 is 6.18 Å².